The molecule has 1 heterocycles. The van der Waals surface area contributed by atoms with Crippen molar-refractivity contribution in [3.05, 3.63) is 29.6 Å². The summed E-state index contributed by atoms with van der Waals surface area (Å²) >= 11 is 3.39. The second-order valence-electron chi connectivity index (χ2n) is 5.06. The van der Waals surface area contributed by atoms with Crippen LogP contribution >= 0.6 is 15.9 Å². The Morgan fingerprint density at radius 3 is 2.76 bits per heavy atom. The Labute approximate surface area is 111 Å². The molecule has 0 radical (unpaired) electrons. The molecule has 3 heteroatoms. The van der Waals surface area contributed by atoms with Crippen LogP contribution < -0.4 is 4.90 Å². The highest BCUT2D eigenvalue weighted by molar-refractivity contribution is 9.08. The van der Waals surface area contributed by atoms with Crippen molar-refractivity contribution in [2.75, 3.05) is 18.0 Å². The van der Waals surface area contributed by atoms with Crippen LogP contribution in [0.5, 0.6) is 0 Å². The first kappa shape index (κ1) is 12.9. The quantitative estimate of drug-likeness (QED) is 0.740. The molecule has 94 valence electrons. The van der Waals surface area contributed by atoms with E-state index >= 15 is 0 Å². The minimum Gasteiger partial charge on any atom is -0.371 e. The second kappa shape index (κ2) is 5.38. The van der Waals surface area contributed by atoms with E-state index in [1.165, 1.54) is 12.5 Å². The Morgan fingerprint density at radius 1 is 1.35 bits per heavy atom. The fourth-order valence-corrected chi connectivity index (χ4v) is 3.01. The average molecular weight is 300 g/mol. The summed E-state index contributed by atoms with van der Waals surface area (Å²) in [6.07, 6.45) is 1.19. The molecule has 1 saturated heterocycles. The summed E-state index contributed by atoms with van der Waals surface area (Å²) < 4.78 is 13.7. The maximum atomic E-state index is 13.7. The third-order valence-corrected chi connectivity index (χ3v) is 4.46. The van der Waals surface area contributed by atoms with Gasteiger partial charge in [0, 0.05) is 29.7 Å². The molecule has 0 saturated carbocycles. The van der Waals surface area contributed by atoms with Crippen LogP contribution in [0.15, 0.2) is 18.2 Å². The Bertz CT molecular complexity index is 394. The van der Waals surface area contributed by atoms with Gasteiger partial charge < -0.3 is 4.90 Å². The molecular weight excluding hydrogens is 281 g/mol. The zero-order chi connectivity index (χ0) is 12.4. The van der Waals surface area contributed by atoms with Gasteiger partial charge in [0.2, 0.25) is 0 Å². The molecule has 0 N–H and O–H groups in total. The molecule has 1 aliphatic heterocycles. The van der Waals surface area contributed by atoms with E-state index in [1.807, 2.05) is 6.07 Å². The molecule has 2 unspecified atom stereocenters. The van der Waals surface area contributed by atoms with Crippen molar-refractivity contribution in [2.45, 2.75) is 25.6 Å². The van der Waals surface area contributed by atoms with Crippen molar-refractivity contribution in [3.63, 3.8) is 0 Å². The van der Waals surface area contributed by atoms with Gasteiger partial charge in [-0.15, -0.1) is 0 Å². The fourth-order valence-electron chi connectivity index (χ4n) is 2.46. The largest absolute Gasteiger partial charge is 0.371 e. The van der Waals surface area contributed by atoms with Gasteiger partial charge in [0.25, 0.3) is 0 Å². The molecule has 2 rings (SSSR count). The van der Waals surface area contributed by atoms with Crippen LogP contribution in [0.1, 0.15) is 25.8 Å². The molecule has 0 amide bonds. The lowest BCUT2D eigenvalue weighted by molar-refractivity contribution is 0.323. The van der Waals surface area contributed by atoms with Crippen molar-refractivity contribution in [1.82, 2.24) is 0 Å². The highest BCUT2D eigenvalue weighted by atomic mass is 79.9. The van der Waals surface area contributed by atoms with E-state index in [0.717, 1.165) is 30.3 Å². The molecule has 2 atom stereocenters. The monoisotopic (exact) mass is 299 g/mol. The van der Waals surface area contributed by atoms with Crippen molar-refractivity contribution >= 4 is 21.6 Å². The molecular formula is C14H19BrFN. The predicted molar refractivity (Wildman–Crippen MR) is 74.2 cm³/mol. The molecule has 0 bridgehead atoms. The summed E-state index contributed by atoms with van der Waals surface area (Å²) in [7, 11) is 0. The number of anilines is 1. The van der Waals surface area contributed by atoms with Crippen LogP contribution in [0.2, 0.25) is 0 Å². The van der Waals surface area contributed by atoms with Crippen molar-refractivity contribution < 1.29 is 4.39 Å². The number of alkyl halides is 1. The Morgan fingerprint density at radius 2 is 2.12 bits per heavy atom. The van der Waals surface area contributed by atoms with Crippen LogP contribution in [0, 0.1) is 17.7 Å². The SMILES string of the molecule is CC1CCN(c2cccc(F)c2CBr)CC1C. The van der Waals surface area contributed by atoms with E-state index in [2.05, 4.69) is 34.7 Å². The first-order valence-electron chi connectivity index (χ1n) is 6.21. The number of piperidine rings is 1. The van der Waals surface area contributed by atoms with Gasteiger partial charge in [-0.2, -0.15) is 0 Å². The maximum absolute atomic E-state index is 13.7. The first-order valence-corrected chi connectivity index (χ1v) is 7.34. The predicted octanol–water partition coefficient (Wildman–Crippen LogP) is 4.20. The van der Waals surface area contributed by atoms with Crippen LogP contribution in [-0.2, 0) is 5.33 Å². The summed E-state index contributed by atoms with van der Waals surface area (Å²) in [5.41, 5.74) is 1.84. The Kier molecular flexibility index (Phi) is 4.08. The third-order valence-electron chi connectivity index (χ3n) is 3.90. The topological polar surface area (TPSA) is 3.24 Å². The molecule has 17 heavy (non-hydrogen) atoms. The molecule has 1 fully saturated rings. The molecule has 1 aliphatic rings. The first-order chi connectivity index (χ1) is 8.13. The molecule has 0 aromatic heterocycles. The number of halogens is 2. The molecule has 1 nitrogen and oxygen atoms in total. The normalized spacial score (nSPS) is 25.1. The van der Waals surface area contributed by atoms with Crippen LogP contribution in [0.4, 0.5) is 10.1 Å². The van der Waals surface area contributed by atoms with Gasteiger partial charge in [-0.05, 0) is 30.4 Å². The summed E-state index contributed by atoms with van der Waals surface area (Å²) in [6.45, 7) is 6.66. The Balaban J connectivity index is 2.25. The molecule has 0 spiro atoms. The van der Waals surface area contributed by atoms with Crippen LogP contribution in [0.3, 0.4) is 0 Å². The van der Waals surface area contributed by atoms with Gasteiger partial charge in [-0.3, -0.25) is 0 Å². The third kappa shape index (κ3) is 2.65. The summed E-state index contributed by atoms with van der Waals surface area (Å²) in [4.78, 5) is 2.32. The van der Waals surface area contributed by atoms with Gasteiger partial charge in [-0.25, -0.2) is 4.39 Å². The van der Waals surface area contributed by atoms with Crippen molar-refractivity contribution in [3.8, 4) is 0 Å². The minimum absolute atomic E-state index is 0.106. The summed E-state index contributed by atoms with van der Waals surface area (Å²) in [5.74, 6) is 1.34. The van der Waals surface area contributed by atoms with Gasteiger partial charge in [-0.1, -0.05) is 35.8 Å². The molecule has 1 aromatic carbocycles. The van der Waals surface area contributed by atoms with Gasteiger partial charge in [0.05, 0.1) is 0 Å². The zero-order valence-corrected chi connectivity index (χ0v) is 12.0. The van der Waals surface area contributed by atoms with Gasteiger partial charge in [0.1, 0.15) is 5.82 Å². The van der Waals surface area contributed by atoms with Crippen molar-refractivity contribution in [1.29, 1.82) is 0 Å². The number of hydrogen-bond acceptors (Lipinski definition) is 1. The zero-order valence-electron chi connectivity index (χ0n) is 10.4. The van der Waals surface area contributed by atoms with Gasteiger partial charge in [0.15, 0.2) is 0 Å². The minimum atomic E-state index is -0.106. The number of hydrogen-bond donors (Lipinski definition) is 0. The number of rotatable bonds is 2. The van der Waals surface area contributed by atoms with Gasteiger partial charge >= 0.3 is 0 Å². The number of nitrogens with zero attached hydrogens (tertiary/aromatic N) is 1. The highest BCUT2D eigenvalue weighted by Crippen LogP contribution is 2.31. The van der Waals surface area contributed by atoms with E-state index in [9.17, 15) is 4.39 Å². The Hall–Kier alpha value is -0.570. The van der Waals surface area contributed by atoms with Crippen LogP contribution in [-0.4, -0.2) is 13.1 Å². The van der Waals surface area contributed by atoms with E-state index in [-0.39, 0.29) is 5.82 Å². The summed E-state index contributed by atoms with van der Waals surface area (Å²) in [6, 6.07) is 5.37. The molecule has 1 aromatic rings. The van der Waals surface area contributed by atoms with Crippen LogP contribution in [0.25, 0.3) is 0 Å². The lowest BCUT2D eigenvalue weighted by Gasteiger charge is -2.37. The molecule has 0 aliphatic carbocycles. The lowest BCUT2D eigenvalue weighted by Crippen LogP contribution is -2.38. The van der Waals surface area contributed by atoms with Crippen molar-refractivity contribution in [2.24, 2.45) is 11.8 Å². The highest BCUT2D eigenvalue weighted by Gasteiger charge is 2.24. The van der Waals surface area contributed by atoms with E-state index in [1.54, 1.807) is 6.07 Å². The van der Waals surface area contributed by atoms with E-state index in [4.69, 9.17) is 0 Å². The van der Waals surface area contributed by atoms with E-state index < -0.39 is 0 Å². The summed E-state index contributed by atoms with van der Waals surface area (Å²) in [5, 5.41) is 0.579. The van der Waals surface area contributed by atoms with E-state index in [0.29, 0.717) is 11.2 Å². The lowest BCUT2D eigenvalue weighted by atomic mass is 9.88. The fraction of sp³-hybridized carbons (Fsp3) is 0.571. The standard InChI is InChI=1S/C14H19BrFN/c1-10-6-7-17(9-11(10)2)14-5-3-4-13(16)12(14)8-15/h3-5,10-11H,6-9H2,1-2H3. The maximum Gasteiger partial charge on any atom is 0.129 e. The number of benzene rings is 1. The smallest absolute Gasteiger partial charge is 0.129 e. The second-order valence-corrected chi connectivity index (χ2v) is 5.62. The average Bonchev–Trinajstić information content (AvgIpc) is 2.32.